The molecule has 3 heterocycles. The largest absolute Gasteiger partial charge is 0.368 e. The molecule has 4 aromatic rings. The van der Waals surface area contributed by atoms with Gasteiger partial charge in [0.25, 0.3) is 5.91 Å². The maximum atomic E-state index is 13.8. The molecule has 5 rings (SSSR count). The Balaban J connectivity index is 1.43. The van der Waals surface area contributed by atoms with Crippen LogP contribution < -0.4 is 4.90 Å². The monoisotopic (exact) mass is 415 g/mol. The summed E-state index contributed by atoms with van der Waals surface area (Å²) in [4.78, 5) is 17.6. The van der Waals surface area contributed by atoms with E-state index in [1.54, 1.807) is 23.0 Å². The van der Waals surface area contributed by atoms with Gasteiger partial charge >= 0.3 is 0 Å². The molecular weight excluding hydrogens is 393 g/mol. The van der Waals surface area contributed by atoms with Crippen LogP contribution in [0.15, 0.2) is 85.3 Å². The van der Waals surface area contributed by atoms with Crippen molar-refractivity contribution in [1.82, 2.24) is 19.2 Å². The Kier molecular flexibility index (Phi) is 5.00. The van der Waals surface area contributed by atoms with Crippen LogP contribution in [-0.4, -0.2) is 51.3 Å². The number of para-hydroxylation sites is 1. The van der Waals surface area contributed by atoms with Crippen LogP contribution in [0.2, 0.25) is 0 Å². The Labute approximate surface area is 179 Å². The first kappa shape index (κ1) is 19.1. The molecule has 7 heteroatoms. The molecular formula is C24H22FN5O. The van der Waals surface area contributed by atoms with E-state index in [1.165, 1.54) is 17.8 Å². The summed E-state index contributed by atoms with van der Waals surface area (Å²) in [6.45, 7) is 2.80. The van der Waals surface area contributed by atoms with E-state index in [4.69, 9.17) is 0 Å². The van der Waals surface area contributed by atoms with Crippen molar-refractivity contribution < 1.29 is 9.18 Å². The Morgan fingerprint density at radius 1 is 0.839 bits per heavy atom. The molecule has 1 aliphatic rings. The SMILES string of the molecule is O=C(c1cnn(-c2cccc(F)c2)c1-n1cccc1)N1CCN(c2ccccc2)CC1. The van der Waals surface area contributed by atoms with Gasteiger partial charge < -0.3 is 14.4 Å². The second-order valence-corrected chi connectivity index (χ2v) is 7.48. The lowest BCUT2D eigenvalue weighted by Crippen LogP contribution is -2.48. The van der Waals surface area contributed by atoms with Crippen LogP contribution in [0, 0.1) is 5.82 Å². The first-order valence-electron chi connectivity index (χ1n) is 10.3. The van der Waals surface area contributed by atoms with Crippen molar-refractivity contribution in [2.45, 2.75) is 0 Å². The minimum absolute atomic E-state index is 0.0703. The quantitative estimate of drug-likeness (QED) is 0.510. The van der Waals surface area contributed by atoms with E-state index in [0.717, 1.165) is 13.1 Å². The summed E-state index contributed by atoms with van der Waals surface area (Å²) >= 11 is 0. The van der Waals surface area contributed by atoms with Crippen LogP contribution >= 0.6 is 0 Å². The van der Waals surface area contributed by atoms with Crippen molar-refractivity contribution in [3.63, 3.8) is 0 Å². The van der Waals surface area contributed by atoms with E-state index < -0.39 is 0 Å². The fourth-order valence-corrected chi connectivity index (χ4v) is 3.99. The fraction of sp³-hybridized carbons (Fsp3) is 0.167. The van der Waals surface area contributed by atoms with Crippen molar-refractivity contribution >= 4 is 11.6 Å². The van der Waals surface area contributed by atoms with Gasteiger partial charge in [-0.2, -0.15) is 5.10 Å². The number of benzene rings is 2. The van der Waals surface area contributed by atoms with Crippen molar-refractivity contribution in [2.75, 3.05) is 31.1 Å². The van der Waals surface area contributed by atoms with Gasteiger partial charge in [-0.3, -0.25) is 4.79 Å². The summed E-state index contributed by atoms with van der Waals surface area (Å²) in [6.07, 6.45) is 5.29. The minimum atomic E-state index is -0.351. The van der Waals surface area contributed by atoms with Gasteiger partial charge in [0, 0.05) is 44.3 Å². The molecule has 2 aromatic heterocycles. The summed E-state index contributed by atoms with van der Waals surface area (Å²) in [5, 5.41) is 4.43. The molecule has 1 amide bonds. The number of carbonyl (C=O) groups is 1. The standard InChI is InChI=1S/C24H22FN5O/c25-19-7-6-10-21(17-19)30-23(28-11-4-5-12-28)22(18-26-30)24(31)29-15-13-27(14-16-29)20-8-2-1-3-9-20/h1-12,17-18H,13-16H2. The highest BCUT2D eigenvalue weighted by molar-refractivity contribution is 5.97. The number of aromatic nitrogens is 3. The first-order chi connectivity index (χ1) is 15.2. The number of hydrogen-bond donors (Lipinski definition) is 0. The van der Waals surface area contributed by atoms with E-state index >= 15 is 0 Å². The number of halogens is 1. The number of carbonyl (C=O) groups excluding carboxylic acids is 1. The van der Waals surface area contributed by atoms with Crippen LogP contribution in [0.4, 0.5) is 10.1 Å². The Morgan fingerprint density at radius 3 is 2.26 bits per heavy atom. The predicted octanol–water partition coefficient (Wildman–Crippen LogP) is 3.76. The number of anilines is 1. The average molecular weight is 415 g/mol. The van der Waals surface area contributed by atoms with E-state index in [9.17, 15) is 9.18 Å². The molecule has 0 N–H and O–H groups in total. The molecule has 0 spiro atoms. The Morgan fingerprint density at radius 2 is 1.55 bits per heavy atom. The van der Waals surface area contributed by atoms with Crippen LogP contribution in [-0.2, 0) is 0 Å². The molecule has 6 nitrogen and oxygen atoms in total. The third-order valence-corrected chi connectivity index (χ3v) is 5.56. The number of hydrogen-bond acceptors (Lipinski definition) is 3. The molecule has 1 saturated heterocycles. The van der Waals surface area contributed by atoms with Crippen molar-refractivity contribution in [1.29, 1.82) is 0 Å². The number of amides is 1. The van der Waals surface area contributed by atoms with E-state index in [0.29, 0.717) is 30.2 Å². The normalized spacial score (nSPS) is 14.1. The number of nitrogens with zero attached hydrogens (tertiary/aromatic N) is 5. The van der Waals surface area contributed by atoms with E-state index in [1.807, 2.05) is 52.2 Å². The summed E-state index contributed by atoms with van der Waals surface area (Å²) in [6, 6.07) is 20.2. The Bertz CT molecular complexity index is 1180. The van der Waals surface area contributed by atoms with Crippen molar-refractivity contribution in [2.24, 2.45) is 0 Å². The molecule has 0 atom stereocenters. The molecule has 2 aromatic carbocycles. The second kappa shape index (κ2) is 8.10. The van der Waals surface area contributed by atoms with E-state index in [2.05, 4.69) is 22.1 Å². The lowest BCUT2D eigenvalue weighted by atomic mass is 10.2. The van der Waals surface area contributed by atoms with Gasteiger partial charge in [-0.15, -0.1) is 0 Å². The molecule has 0 aliphatic carbocycles. The zero-order chi connectivity index (χ0) is 21.2. The summed E-state index contributed by atoms with van der Waals surface area (Å²) in [5.41, 5.74) is 2.23. The molecule has 1 aliphatic heterocycles. The highest BCUT2D eigenvalue weighted by atomic mass is 19.1. The van der Waals surface area contributed by atoms with Crippen molar-refractivity contribution in [3.8, 4) is 11.5 Å². The third-order valence-electron chi connectivity index (χ3n) is 5.56. The fourth-order valence-electron chi connectivity index (χ4n) is 3.99. The Hall–Kier alpha value is -3.87. The lowest BCUT2D eigenvalue weighted by molar-refractivity contribution is 0.0747. The van der Waals surface area contributed by atoms with Crippen LogP contribution in [0.5, 0.6) is 0 Å². The molecule has 0 saturated carbocycles. The van der Waals surface area contributed by atoms with Gasteiger partial charge in [0.1, 0.15) is 11.4 Å². The summed E-state index contributed by atoms with van der Waals surface area (Å²) in [5.74, 6) is 0.182. The number of rotatable bonds is 4. The van der Waals surface area contributed by atoms with Gasteiger partial charge in [-0.1, -0.05) is 24.3 Å². The lowest BCUT2D eigenvalue weighted by Gasteiger charge is -2.36. The molecule has 1 fully saturated rings. The first-order valence-corrected chi connectivity index (χ1v) is 10.3. The maximum absolute atomic E-state index is 13.8. The van der Waals surface area contributed by atoms with Gasteiger partial charge in [0.15, 0.2) is 5.82 Å². The van der Waals surface area contributed by atoms with Gasteiger partial charge in [-0.25, -0.2) is 9.07 Å². The van der Waals surface area contributed by atoms with Crippen LogP contribution in [0.1, 0.15) is 10.4 Å². The summed E-state index contributed by atoms with van der Waals surface area (Å²) < 4.78 is 17.3. The highest BCUT2D eigenvalue weighted by Gasteiger charge is 2.27. The molecule has 0 unspecified atom stereocenters. The third kappa shape index (κ3) is 3.70. The second-order valence-electron chi connectivity index (χ2n) is 7.48. The van der Waals surface area contributed by atoms with Crippen LogP contribution in [0.25, 0.3) is 11.5 Å². The molecule has 0 bridgehead atoms. The smallest absolute Gasteiger partial charge is 0.259 e. The maximum Gasteiger partial charge on any atom is 0.259 e. The topological polar surface area (TPSA) is 46.3 Å². The van der Waals surface area contributed by atoms with Gasteiger partial charge in [-0.05, 0) is 42.5 Å². The van der Waals surface area contributed by atoms with E-state index in [-0.39, 0.29) is 11.7 Å². The zero-order valence-electron chi connectivity index (χ0n) is 16.9. The predicted molar refractivity (Wildman–Crippen MR) is 117 cm³/mol. The average Bonchev–Trinajstić information content (AvgIpc) is 3.49. The molecule has 0 radical (unpaired) electrons. The molecule has 156 valence electrons. The zero-order valence-corrected chi connectivity index (χ0v) is 16.9. The van der Waals surface area contributed by atoms with Crippen LogP contribution in [0.3, 0.4) is 0 Å². The summed E-state index contributed by atoms with van der Waals surface area (Å²) in [7, 11) is 0. The van der Waals surface area contributed by atoms with Gasteiger partial charge in [0.2, 0.25) is 0 Å². The molecule has 31 heavy (non-hydrogen) atoms. The highest BCUT2D eigenvalue weighted by Crippen LogP contribution is 2.23. The number of piperazine rings is 1. The van der Waals surface area contributed by atoms with Gasteiger partial charge in [0.05, 0.1) is 11.9 Å². The minimum Gasteiger partial charge on any atom is -0.368 e. The van der Waals surface area contributed by atoms with Crippen molar-refractivity contribution in [3.05, 3.63) is 96.7 Å².